The van der Waals surface area contributed by atoms with Crippen molar-refractivity contribution in [3.63, 3.8) is 0 Å². The van der Waals surface area contributed by atoms with Crippen LogP contribution >= 0.6 is 0 Å². The van der Waals surface area contributed by atoms with Crippen molar-refractivity contribution in [1.82, 2.24) is 0 Å². The van der Waals surface area contributed by atoms with Crippen LogP contribution in [0.25, 0.3) is 0 Å². The number of epoxide rings is 1. The van der Waals surface area contributed by atoms with E-state index in [-0.39, 0.29) is 34.9 Å². The van der Waals surface area contributed by atoms with Crippen molar-refractivity contribution in [2.75, 3.05) is 7.11 Å². The Hall–Kier alpha value is -0.410. The van der Waals surface area contributed by atoms with Crippen molar-refractivity contribution in [2.45, 2.75) is 45.5 Å². The largest absolute Gasteiger partial charge is 0.378 e. The second kappa shape index (κ2) is 2.58. The molecule has 2 rings (SSSR count). The number of carbonyl (C=O) groups is 1. The van der Waals surface area contributed by atoms with Gasteiger partial charge in [0.05, 0.1) is 6.10 Å². The summed E-state index contributed by atoms with van der Waals surface area (Å²) in [5.41, 5.74) is -0.518. The minimum atomic E-state index is -0.373. The van der Waals surface area contributed by atoms with E-state index in [0.717, 1.165) is 0 Å². The maximum absolute atomic E-state index is 11.9. The quantitative estimate of drug-likeness (QED) is 0.598. The molecule has 3 heteroatoms. The number of fused-ring (bicyclic) bond motifs is 1. The molecule has 14 heavy (non-hydrogen) atoms. The molecular weight excluding hydrogens is 180 g/mol. The lowest BCUT2D eigenvalue weighted by atomic mass is 9.63. The molecule has 0 N–H and O–H groups in total. The van der Waals surface area contributed by atoms with Gasteiger partial charge < -0.3 is 9.47 Å². The number of hydrogen-bond acceptors (Lipinski definition) is 3. The first-order valence-electron chi connectivity index (χ1n) is 5.10. The van der Waals surface area contributed by atoms with Gasteiger partial charge in [-0.3, -0.25) is 4.79 Å². The molecule has 0 radical (unpaired) electrons. The molecular formula is C11H18O3. The topological polar surface area (TPSA) is 38.8 Å². The van der Waals surface area contributed by atoms with Gasteiger partial charge in [-0.05, 0) is 6.92 Å². The summed E-state index contributed by atoms with van der Waals surface area (Å²) in [6, 6.07) is 0. The molecule has 2 aliphatic rings. The molecule has 2 fully saturated rings. The zero-order chi connectivity index (χ0) is 10.7. The summed E-state index contributed by atoms with van der Waals surface area (Å²) in [7, 11) is 1.69. The van der Waals surface area contributed by atoms with E-state index >= 15 is 0 Å². The summed E-state index contributed by atoms with van der Waals surface area (Å²) in [5, 5.41) is 0. The van der Waals surface area contributed by atoms with Crippen LogP contribution in [-0.2, 0) is 14.3 Å². The molecule has 80 valence electrons. The van der Waals surface area contributed by atoms with Crippen molar-refractivity contribution >= 4 is 5.78 Å². The lowest BCUT2D eigenvalue weighted by Gasteiger charge is -2.42. The second-order valence-electron chi connectivity index (χ2n) is 5.24. The lowest BCUT2D eigenvalue weighted by Crippen LogP contribution is -2.54. The number of rotatable bonds is 1. The Labute approximate surface area is 84.8 Å². The Morgan fingerprint density at radius 2 is 1.93 bits per heavy atom. The van der Waals surface area contributed by atoms with Gasteiger partial charge in [-0.2, -0.15) is 0 Å². The van der Waals surface area contributed by atoms with E-state index in [4.69, 9.17) is 9.47 Å². The first-order chi connectivity index (χ1) is 6.35. The molecule has 1 saturated heterocycles. The van der Waals surface area contributed by atoms with E-state index in [1.807, 2.05) is 13.8 Å². The first kappa shape index (κ1) is 10.1. The summed E-state index contributed by atoms with van der Waals surface area (Å²) in [5.74, 6) is 0.235. The van der Waals surface area contributed by atoms with E-state index in [0.29, 0.717) is 0 Å². The third-order valence-electron chi connectivity index (χ3n) is 4.07. The van der Waals surface area contributed by atoms with Crippen LogP contribution in [0.15, 0.2) is 0 Å². The number of Topliss-reactive ketones (excluding diaryl/α,β-unsaturated/α-hetero) is 1. The van der Waals surface area contributed by atoms with Gasteiger partial charge in [0.1, 0.15) is 11.7 Å². The smallest absolute Gasteiger partial charge is 0.168 e. The minimum absolute atomic E-state index is 0.00713. The Bertz CT molecular complexity index is 284. The lowest BCUT2D eigenvalue weighted by molar-refractivity contribution is -0.137. The van der Waals surface area contributed by atoms with Gasteiger partial charge in [-0.25, -0.2) is 0 Å². The monoisotopic (exact) mass is 198 g/mol. The van der Waals surface area contributed by atoms with Crippen molar-refractivity contribution in [3.05, 3.63) is 0 Å². The van der Waals surface area contributed by atoms with Gasteiger partial charge in [0.2, 0.25) is 0 Å². The maximum atomic E-state index is 11.9. The fourth-order valence-electron chi connectivity index (χ4n) is 2.86. The minimum Gasteiger partial charge on any atom is -0.378 e. The molecule has 3 nitrogen and oxygen atoms in total. The van der Waals surface area contributed by atoms with Gasteiger partial charge in [-0.1, -0.05) is 20.8 Å². The normalized spacial score (nSPS) is 50.1. The Balaban J connectivity index is 2.37. The molecule has 0 bridgehead atoms. The van der Waals surface area contributed by atoms with Gasteiger partial charge >= 0.3 is 0 Å². The number of methoxy groups -OCH3 is 1. The SMILES string of the molecule is COC1C(C)(C)C(C)C(=O)C2OC21C. The zero-order valence-corrected chi connectivity index (χ0v) is 9.46. The van der Waals surface area contributed by atoms with Crippen LogP contribution < -0.4 is 0 Å². The third kappa shape index (κ3) is 0.971. The summed E-state index contributed by atoms with van der Waals surface area (Å²) in [6.07, 6.45) is -0.219. The molecule has 4 unspecified atom stereocenters. The van der Waals surface area contributed by atoms with Crippen molar-refractivity contribution in [1.29, 1.82) is 0 Å². The Morgan fingerprint density at radius 3 is 2.43 bits per heavy atom. The summed E-state index contributed by atoms with van der Waals surface area (Å²) in [4.78, 5) is 11.9. The van der Waals surface area contributed by atoms with E-state index in [1.54, 1.807) is 7.11 Å². The molecule has 4 atom stereocenters. The number of ether oxygens (including phenoxy) is 2. The Morgan fingerprint density at radius 1 is 1.36 bits per heavy atom. The van der Waals surface area contributed by atoms with Crippen LogP contribution in [0, 0.1) is 11.3 Å². The molecule has 0 amide bonds. The van der Waals surface area contributed by atoms with Crippen LogP contribution in [0.5, 0.6) is 0 Å². The fraction of sp³-hybridized carbons (Fsp3) is 0.909. The van der Waals surface area contributed by atoms with Crippen LogP contribution in [-0.4, -0.2) is 30.7 Å². The van der Waals surface area contributed by atoms with E-state index in [9.17, 15) is 4.79 Å². The molecule has 0 spiro atoms. The summed E-state index contributed by atoms with van der Waals surface area (Å²) in [6.45, 7) is 8.09. The predicted molar refractivity (Wildman–Crippen MR) is 52.0 cm³/mol. The zero-order valence-electron chi connectivity index (χ0n) is 9.46. The van der Waals surface area contributed by atoms with Crippen LogP contribution in [0.1, 0.15) is 27.7 Å². The van der Waals surface area contributed by atoms with E-state index in [1.165, 1.54) is 0 Å². The summed E-state index contributed by atoms with van der Waals surface area (Å²) >= 11 is 0. The fourth-order valence-corrected chi connectivity index (χ4v) is 2.86. The molecule has 1 saturated carbocycles. The highest BCUT2D eigenvalue weighted by atomic mass is 16.6. The molecule has 0 aromatic heterocycles. The number of ketones is 1. The van der Waals surface area contributed by atoms with Crippen LogP contribution in [0.4, 0.5) is 0 Å². The number of hydrogen-bond donors (Lipinski definition) is 0. The van der Waals surface area contributed by atoms with Gasteiger partial charge in [0, 0.05) is 18.4 Å². The summed E-state index contributed by atoms with van der Waals surface area (Å²) < 4.78 is 11.0. The van der Waals surface area contributed by atoms with Crippen LogP contribution in [0.3, 0.4) is 0 Å². The van der Waals surface area contributed by atoms with Crippen molar-refractivity contribution in [2.24, 2.45) is 11.3 Å². The predicted octanol–water partition coefficient (Wildman–Crippen LogP) is 1.40. The molecule has 1 aliphatic heterocycles. The van der Waals surface area contributed by atoms with Crippen molar-refractivity contribution < 1.29 is 14.3 Å². The van der Waals surface area contributed by atoms with Gasteiger partial charge in [0.25, 0.3) is 0 Å². The first-order valence-corrected chi connectivity index (χ1v) is 5.10. The van der Waals surface area contributed by atoms with Crippen LogP contribution in [0.2, 0.25) is 0 Å². The average molecular weight is 198 g/mol. The van der Waals surface area contributed by atoms with E-state index < -0.39 is 0 Å². The molecule has 0 aromatic rings. The molecule has 1 heterocycles. The van der Waals surface area contributed by atoms with E-state index in [2.05, 4.69) is 13.8 Å². The van der Waals surface area contributed by atoms with Gasteiger partial charge in [0.15, 0.2) is 5.78 Å². The average Bonchev–Trinajstić information content (AvgIpc) is 2.75. The molecule has 0 aromatic carbocycles. The number of carbonyl (C=O) groups excluding carboxylic acids is 1. The third-order valence-corrected chi connectivity index (χ3v) is 4.07. The Kier molecular flexibility index (Phi) is 1.87. The maximum Gasteiger partial charge on any atom is 0.168 e. The highest BCUT2D eigenvalue weighted by Crippen LogP contribution is 2.55. The standard InChI is InChI=1S/C11H18O3/c1-6-7(12)8-11(4,14-8)9(13-5)10(6,2)3/h6,8-9H,1-5H3. The highest BCUT2D eigenvalue weighted by Gasteiger charge is 2.71. The molecule has 1 aliphatic carbocycles. The highest BCUT2D eigenvalue weighted by molar-refractivity contribution is 5.91. The van der Waals surface area contributed by atoms with Crippen molar-refractivity contribution in [3.8, 4) is 0 Å². The second-order valence-corrected chi connectivity index (χ2v) is 5.24. The van der Waals surface area contributed by atoms with Gasteiger partial charge in [-0.15, -0.1) is 0 Å².